The summed E-state index contributed by atoms with van der Waals surface area (Å²) in [7, 11) is 0. The van der Waals surface area contributed by atoms with Crippen molar-refractivity contribution in [3.05, 3.63) is 59.6 Å². The van der Waals surface area contributed by atoms with Crippen LogP contribution < -0.4 is 5.32 Å². The van der Waals surface area contributed by atoms with Gasteiger partial charge >= 0.3 is 0 Å². The number of nitrogens with zero attached hydrogens (tertiary/aromatic N) is 4. The number of nitrogens with one attached hydrogen (secondary N) is 2. The van der Waals surface area contributed by atoms with E-state index in [1.54, 1.807) is 24.5 Å². The molecule has 0 unspecified atom stereocenters. The molecule has 0 spiro atoms. The zero-order chi connectivity index (χ0) is 16.7. The van der Waals surface area contributed by atoms with Gasteiger partial charge in [0.15, 0.2) is 11.3 Å². The van der Waals surface area contributed by atoms with Crippen molar-refractivity contribution in [3.8, 4) is 0 Å². The fourth-order valence-electron chi connectivity index (χ4n) is 2.56. The van der Waals surface area contributed by atoms with Crippen molar-refractivity contribution >= 4 is 22.6 Å². The van der Waals surface area contributed by atoms with Crippen LogP contribution in [-0.4, -0.2) is 30.5 Å². The summed E-state index contributed by atoms with van der Waals surface area (Å²) in [5.41, 5.74) is 2.30. The Bertz CT molecular complexity index is 1070. The van der Waals surface area contributed by atoms with E-state index in [1.165, 1.54) is 4.40 Å². The lowest BCUT2D eigenvalue weighted by Gasteiger charge is -2.01. The highest BCUT2D eigenvalue weighted by molar-refractivity contribution is 5.93. The topological polar surface area (TPSA) is 88.0 Å². The second-order valence-electron chi connectivity index (χ2n) is 5.45. The van der Waals surface area contributed by atoms with Gasteiger partial charge < -0.3 is 5.32 Å². The van der Waals surface area contributed by atoms with Crippen molar-refractivity contribution in [2.45, 2.75) is 13.5 Å². The van der Waals surface area contributed by atoms with E-state index in [1.807, 2.05) is 19.1 Å². The highest BCUT2D eigenvalue weighted by atomic mass is 19.1. The lowest BCUT2D eigenvalue weighted by Crippen LogP contribution is -2.24. The van der Waals surface area contributed by atoms with Crippen LogP contribution in [-0.2, 0) is 6.54 Å². The quantitative estimate of drug-likeness (QED) is 0.603. The molecule has 0 aliphatic rings. The molecule has 0 atom stereocenters. The minimum Gasteiger partial charge on any atom is -0.345 e. The molecule has 4 heterocycles. The summed E-state index contributed by atoms with van der Waals surface area (Å²) < 4.78 is 15.7. The highest BCUT2D eigenvalue weighted by Crippen LogP contribution is 2.14. The van der Waals surface area contributed by atoms with E-state index >= 15 is 0 Å². The Morgan fingerprint density at radius 3 is 3.12 bits per heavy atom. The Morgan fingerprint density at radius 1 is 1.38 bits per heavy atom. The molecular formula is C16H13FN6O. The molecule has 120 valence electrons. The van der Waals surface area contributed by atoms with E-state index in [4.69, 9.17) is 0 Å². The van der Waals surface area contributed by atoms with Gasteiger partial charge in [0, 0.05) is 17.8 Å². The summed E-state index contributed by atoms with van der Waals surface area (Å²) in [5, 5.41) is 10.3. The molecule has 0 fully saturated rings. The summed E-state index contributed by atoms with van der Waals surface area (Å²) >= 11 is 0. The SMILES string of the molecule is Cc1ccc2nc(C(=O)NCc3[nH]nc4ncccc34)c(F)n2c1. The largest absolute Gasteiger partial charge is 0.345 e. The Morgan fingerprint density at radius 2 is 2.25 bits per heavy atom. The maximum atomic E-state index is 14.4. The summed E-state index contributed by atoms with van der Waals surface area (Å²) in [6, 6.07) is 7.12. The molecule has 0 aromatic carbocycles. The van der Waals surface area contributed by atoms with Crippen LogP contribution in [0.25, 0.3) is 16.7 Å². The number of rotatable bonds is 3. The lowest BCUT2D eigenvalue weighted by molar-refractivity contribution is 0.0941. The molecule has 1 amide bonds. The number of hydrogen-bond donors (Lipinski definition) is 2. The minimum absolute atomic E-state index is 0.174. The van der Waals surface area contributed by atoms with Gasteiger partial charge in [-0.1, -0.05) is 6.07 Å². The minimum atomic E-state index is -0.678. The highest BCUT2D eigenvalue weighted by Gasteiger charge is 2.19. The second-order valence-corrected chi connectivity index (χ2v) is 5.45. The van der Waals surface area contributed by atoms with Gasteiger partial charge in [0.05, 0.1) is 12.2 Å². The third-order valence-electron chi connectivity index (χ3n) is 3.76. The van der Waals surface area contributed by atoms with Crippen molar-refractivity contribution in [1.82, 2.24) is 29.9 Å². The van der Waals surface area contributed by atoms with Gasteiger partial charge in [-0.2, -0.15) is 9.49 Å². The number of aromatic amines is 1. The second kappa shape index (κ2) is 5.41. The molecule has 8 heteroatoms. The van der Waals surface area contributed by atoms with Crippen LogP contribution in [0.2, 0.25) is 0 Å². The first-order valence-electron chi connectivity index (χ1n) is 7.34. The van der Waals surface area contributed by atoms with Crippen LogP contribution in [0.5, 0.6) is 0 Å². The van der Waals surface area contributed by atoms with Crippen LogP contribution in [0.4, 0.5) is 4.39 Å². The van der Waals surface area contributed by atoms with E-state index in [2.05, 4.69) is 25.5 Å². The maximum Gasteiger partial charge on any atom is 0.275 e. The van der Waals surface area contributed by atoms with Crippen molar-refractivity contribution < 1.29 is 9.18 Å². The van der Waals surface area contributed by atoms with Crippen molar-refractivity contribution in [3.63, 3.8) is 0 Å². The van der Waals surface area contributed by atoms with Gasteiger partial charge in [-0.15, -0.1) is 0 Å². The Labute approximate surface area is 135 Å². The maximum absolute atomic E-state index is 14.4. The van der Waals surface area contributed by atoms with Gasteiger partial charge in [-0.25, -0.2) is 9.97 Å². The standard InChI is InChI=1S/C16H13FN6O/c1-9-4-5-12-20-13(14(17)23(12)8-9)16(24)19-7-11-10-3-2-6-18-15(10)22-21-11/h2-6,8H,7H2,1H3,(H,19,24)(H,18,21,22). The number of H-pyrrole nitrogens is 1. The van der Waals surface area contributed by atoms with Crippen molar-refractivity contribution in [2.75, 3.05) is 0 Å². The number of fused-ring (bicyclic) bond motifs is 2. The molecule has 4 aromatic rings. The normalized spacial score (nSPS) is 11.2. The number of aromatic nitrogens is 5. The van der Waals surface area contributed by atoms with Gasteiger partial charge in [0.2, 0.25) is 5.95 Å². The van der Waals surface area contributed by atoms with Crippen LogP contribution >= 0.6 is 0 Å². The molecule has 2 N–H and O–H groups in total. The predicted octanol–water partition coefficient (Wildman–Crippen LogP) is 1.98. The van der Waals surface area contributed by atoms with Gasteiger partial charge in [-0.3, -0.25) is 14.3 Å². The molecule has 0 radical (unpaired) electrons. The third kappa shape index (κ3) is 2.28. The monoisotopic (exact) mass is 324 g/mol. The summed E-state index contributed by atoms with van der Waals surface area (Å²) in [5.74, 6) is -1.26. The number of carbonyl (C=O) groups excluding carboxylic acids is 1. The van der Waals surface area contributed by atoms with Crippen LogP contribution in [0.1, 0.15) is 21.7 Å². The molecule has 0 bridgehead atoms. The summed E-state index contributed by atoms with van der Waals surface area (Å²) in [6.07, 6.45) is 3.24. The van der Waals surface area contributed by atoms with E-state index in [-0.39, 0.29) is 12.2 Å². The van der Waals surface area contributed by atoms with Crippen LogP contribution in [0.15, 0.2) is 36.7 Å². The third-order valence-corrected chi connectivity index (χ3v) is 3.76. The zero-order valence-corrected chi connectivity index (χ0v) is 12.7. The Balaban J connectivity index is 1.59. The summed E-state index contributed by atoms with van der Waals surface area (Å²) in [6.45, 7) is 2.02. The van der Waals surface area contributed by atoms with E-state index in [9.17, 15) is 9.18 Å². The Hall–Kier alpha value is -3.29. The van der Waals surface area contributed by atoms with Crippen molar-refractivity contribution in [1.29, 1.82) is 0 Å². The fourth-order valence-corrected chi connectivity index (χ4v) is 2.56. The summed E-state index contributed by atoms with van der Waals surface area (Å²) in [4.78, 5) is 20.4. The van der Waals surface area contributed by atoms with Gasteiger partial charge in [0.1, 0.15) is 5.65 Å². The number of amides is 1. The number of pyridine rings is 2. The number of imidazole rings is 1. The van der Waals surface area contributed by atoms with Crippen LogP contribution in [0.3, 0.4) is 0 Å². The number of hydrogen-bond acceptors (Lipinski definition) is 4. The Kier molecular flexibility index (Phi) is 3.23. The van der Waals surface area contributed by atoms with E-state index < -0.39 is 11.9 Å². The molecule has 0 aliphatic carbocycles. The van der Waals surface area contributed by atoms with Gasteiger partial charge in [0.25, 0.3) is 5.91 Å². The number of halogens is 1. The molecule has 0 aliphatic heterocycles. The first-order valence-corrected chi connectivity index (χ1v) is 7.34. The molecule has 24 heavy (non-hydrogen) atoms. The van der Waals surface area contributed by atoms with Crippen LogP contribution in [0, 0.1) is 12.9 Å². The number of carbonyl (C=O) groups is 1. The first kappa shape index (κ1) is 14.3. The molecular weight excluding hydrogens is 311 g/mol. The predicted molar refractivity (Wildman–Crippen MR) is 84.9 cm³/mol. The molecule has 4 rings (SSSR count). The average molecular weight is 324 g/mol. The molecule has 7 nitrogen and oxygen atoms in total. The number of aryl methyl sites for hydroxylation is 1. The van der Waals surface area contributed by atoms with E-state index in [0.29, 0.717) is 17.0 Å². The first-order chi connectivity index (χ1) is 11.6. The van der Waals surface area contributed by atoms with Crippen molar-refractivity contribution in [2.24, 2.45) is 0 Å². The molecule has 0 saturated carbocycles. The smallest absolute Gasteiger partial charge is 0.275 e. The fraction of sp³-hybridized carbons (Fsp3) is 0.125. The lowest BCUT2D eigenvalue weighted by atomic mass is 10.2. The average Bonchev–Trinajstić information content (AvgIpc) is 3.14. The van der Waals surface area contributed by atoms with E-state index in [0.717, 1.165) is 10.9 Å². The van der Waals surface area contributed by atoms with Gasteiger partial charge in [-0.05, 0) is 30.7 Å². The molecule has 0 saturated heterocycles. The zero-order valence-electron chi connectivity index (χ0n) is 12.7. The molecule has 4 aromatic heterocycles.